The number of carbonyl (C=O) groups excluding carboxylic acids is 1. The molecule has 1 aliphatic rings. The predicted molar refractivity (Wildman–Crippen MR) is 89.0 cm³/mol. The molecule has 0 saturated heterocycles. The van der Waals surface area contributed by atoms with Crippen molar-refractivity contribution in [3.05, 3.63) is 47.2 Å². The number of unbranched alkanes of at least 4 members (excludes halogenated alkanes) is 1. The van der Waals surface area contributed by atoms with E-state index in [0.717, 1.165) is 24.9 Å². The number of hydrogen-bond acceptors (Lipinski definition) is 3. The van der Waals surface area contributed by atoms with Crippen LogP contribution in [-0.2, 0) is 0 Å². The van der Waals surface area contributed by atoms with Crippen LogP contribution in [-0.4, -0.2) is 44.9 Å². The molecule has 1 fully saturated rings. The number of benzene rings is 1. The fraction of sp³-hybridized carbons (Fsp3) is 0.412. The summed E-state index contributed by atoms with van der Waals surface area (Å²) < 4.78 is 1.63. The van der Waals surface area contributed by atoms with E-state index in [9.17, 15) is 4.79 Å². The van der Waals surface area contributed by atoms with E-state index in [2.05, 4.69) is 5.10 Å². The number of hydrogen-bond donors (Lipinski definition) is 1. The highest BCUT2D eigenvalue weighted by molar-refractivity contribution is 6.32. The molecule has 1 saturated carbocycles. The average Bonchev–Trinajstić information content (AvgIpc) is 3.28. The molecule has 0 unspecified atom stereocenters. The summed E-state index contributed by atoms with van der Waals surface area (Å²) in [6, 6.07) is 9.46. The summed E-state index contributed by atoms with van der Waals surface area (Å²) in [7, 11) is 0. The van der Waals surface area contributed by atoms with Gasteiger partial charge in [-0.3, -0.25) is 4.79 Å². The van der Waals surface area contributed by atoms with Crippen molar-refractivity contribution < 1.29 is 9.90 Å². The number of aliphatic hydroxyl groups is 1. The van der Waals surface area contributed by atoms with Gasteiger partial charge in [0.05, 0.1) is 10.7 Å². The molecular weight excluding hydrogens is 314 g/mol. The number of halogens is 1. The molecule has 6 heteroatoms. The van der Waals surface area contributed by atoms with Gasteiger partial charge in [-0.25, -0.2) is 4.68 Å². The van der Waals surface area contributed by atoms with E-state index in [-0.39, 0.29) is 12.5 Å². The summed E-state index contributed by atoms with van der Waals surface area (Å²) in [5.74, 6) is -0.0451. The quantitative estimate of drug-likeness (QED) is 0.793. The maximum Gasteiger partial charge on any atom is 0.274 e. The Hall–Kier alpha value is -1.85. The maximum absolute atomic E-state index is 12.7. The fourth-order valence-corrected chi connectivity index (χ4v) is 2.81. The lowest BCUT2D eigenvalue weighted by Gasteiger charge is -2.21. The highest BCUT2D eigenvalue weighted by Gasteiger charge is 2.33. The molecule has 1 aromatic carbocycles. The van der Waals surface area contributed by atoms with E-state index in [0.29, 0.717) is 29.7 Å². The van der Waals surface area contributed by atoms with Crippen molar-refractivity contribution in [1.82, 2.24) is 14.7 Å². The number of para-hydroxylation sites is 1. The molecule has 122 valence electrons. The van der Waals surface area contributed by atoms with Gasteiger partial charge >= 0.3 is 0 Å². The molecule has 1 amide bonds. The second-order valence-electron chi connectivity index (χ2n) is 5.76. The second kappa shape index (κ2) is 7.15. The molecule has 1 N–H and O–H groups in total. The van der Waals surface area contributed by atoms with Gasteiger partial charge in [0.1, 0.15) is 0 Å². The lowest BCUT2D eigenvalue weighted by molar-refractivity contribution is 0.0730. The van der Waals surface area contributed by atoms with Crippen LogP contribution in [0.2, 0.25) is 5.02 Å². The average molecular weight is 334 g/mol. The van der Waals surface area contributed by atoms with Crippen LogP contribution < -0.4 is 0 Å². The number of amides is 1. The Morgan fingerprint density at radius 1 is 1.30 bits per heavy atom. The lowest BCUT2D eigenvalue weighted by Crippen LogP contribution is -2.34. The van der Waals surface area contributed by atoms with Crippen LogP contribution in [0.25, 0.3) is 5.69 Å². The number of nitrogens with zero attached hydrogens (tertiary/aromatic N) is 3. The standard InChI is InChI=1S/C17H20ClN3O2/c18-14-5-1-2-6-16(14)21-11-9-15(19-21)17(23)20(13-7-8-13)10-3-4-12-22/h1-2,5-6,9,11,13,22H,3-4,7-8,10,12H2. The van der Waals surface area contributed by atoms with Gasteiger partial charge < -0.3 is 10.0 Å². The molecule has 23 heavy (non-hydrogen) atoms. The third-order valence-electron chi connectivity index (χ3n) is 3.96. The van der Waals surface area contributed by atoms with Gasteiger partial charge in [-0.05, 0) is 43.9 Å². The first kappa shape index (κ1) is 16.0. The van der Waals surface area contributed by atoms with Crippen LogP contribution in [0, 0.1) is 0 Å². The molecule has 0 spiro atoms. The van der Waals surface area contributed by atoms with E-state index in [1.165, 1.54) is 0 Å². The Labute approximate surface area is 140 Å². The topological polar surface area (TPSA) is 58.4 Å². The van der Waals surface area contributed by atoms with Crippen molar-refractivity contribution in [1.29, 1.82) is 0 Å². The van der Waals surface area contributed by atoms with Crippen LogP contribution in [0.4, 0.5) is 0 Å². The first-order valence-corrected chi connectivity index (χ1v) is 8.31. The Balaban J connectivity index is 1.76. The SMILES string of the molecule is O=C(c1ccn(-c2ccccc2Cl)n1)N(CCCCO)C1CC1. The first-order chi connectivity index (χ1) is 11.2. The predicted octanol–water partition coefficient (Wildman–Crippen LogP) is 2.90. The first-order valence-electron chi connectivity index (χ1n) is 7.93. The molecule has 2 aromatic rings. The minimum atomic E-state index is -0.0451. The summed E-state index contributed by atoms with van der Waals surface area (Å²) in [6.07, 6.45) is 5.38. The lowest BCUT2D eigenvalue weighted by atomic mass is 10.2. The molecule has 3 rings (SSSR count). The summed E-state index contributed by atoms with van der Waals surface area (Å²) in [6.45, 7) is 0.830. The normalized spacial score (nSPS) is 14.0. The summed E-state index contributed by atoms with van der Waals surface area (Å²) >= 11 is 6.18. The molecule has 1 heterocycles. The largest absolute Gasteiger partial charge is 0.396 e. The van der Waals surface area contributed by atoms with Crippen LogP contribution in [0.15, 0.2) is 36.5 Å². The third-order valence-corrected chi connectivity index (χ3v) is 4.28. The number of rotatable bonds is 7. The van der Waals surface area contributed by atoms with Gasteiger partial charge in [0.2, 0.25) is 0 Å². The molecular formula is C17H20ClN3O2. The van der Waals surface area contributed by atoms with Crippen LogP contribution in [0.5, 0.6) is 0 Å². The number of aromatic nitrogens is 2. The Kier molecular flexibility index (Phi) is 4.98. The van der Waals surface area contributed by atoms with Crippen LogP contribution >= 0.6 is 11.6 Å². The number of carbonyl (C=O) groups is 1. The molecule has 0 bridgehead atoms. The Morgan fingerprint density at radius 3 is 2.78 bits per heavy atom. The van der Waals surface area contributed by atoms with Crippen LogP contribution in [0.3, 0.4) is 0 Å². The van der Waals surface area contributed by atoms with Gasteiger partial charge in [-0.2, -0.15) is 5.10 Å². The van der Waals surface area contributed by atoms with Crippen molar-refractivity contribution >= 4 is 17.5 Å². The van der Waals surface area contributed by atoms with Crippen molar-refractivity contribution in [2.45, 2.75) is 31.7 Å². The fourth-order valence-electron chi connectivity index (χ4n) is 2.59. The van der Waals surface area contributed by atoms with Gasteiger partial charge in [0, 0.05) is 25.4 Å². The van der Waals surface area contributed by atoms with Crippen molar-refractivity contribution in [3.8, 4) is 5.69 Å². The maximum atomic E-state index is 12.7. The highest BCUT2D eigenvalue weighted by atomic mass is 35.5. The van der Waals surface area contributed by atoms with Gasteiger partial charge in [0.25, 0.3) is 5.91 Å². The molecule has 0 aliphatic heterocycles. The summed E-state index contributed by atoms with van der Waals surface area (Å²) in [5.41, 5.74) is 1.19. The number of aliphatic hydroxyl groups excluding tert-OH is 1. The molecule has 1 aliphatic carbocycles. The summed E-state index contributed by atoms with van der Waals surface area (Å²) in [4.78, 5) is 14.6. The van der Waals surface area contributed by atoms with E-state index < -0.39 is 0 Å². The van der Waals surface area contributed by atoms with Crippen molar-refractivity contribution in [3.63, 3.8) is 0 Å². The van der Waals surface area contributed by atoms with Gasteiger partial charge in [-0.15, -0.1) is 0 Å². The van der Waals surface area contributed by atoms with E-state index in [1.807, 2.05) is 23.1 Å². The van der Waals surface area contributed by atoms with E-state index in [1.54, 1.807) is 23.0 Å². The molecule has 0 atom stereocenters. The van der Waals surface area contributed by atoms with E-state index >= 15 is 0 Å². The molecule has 1 aromatic heterocycles. The Morgan fingerprint density at radius 2 is 2.09 bits per heavy atom. The molecule has 0 radical (unpaired) electrons. The third kappa shape index (κ3) is 3.74. The minimum absolute atomic E-state index is 0.0451. The van der Waals surface area contributed by atoms with E-state index in [4.69, 9.17) is 16.7 Å². The second-order valence-corrected chi connectivity index (χ2v) is 6.16. The zero-order valence-corrected chi connectivity index (χ0v) is 13.6. The highest BCUT2D eigenvalue weighted by Crippen LogP contribution is 2.28. The van der Waals surface area contributed by atoms with Crippen molar-refractivity contribution in [2.75, 3.05) is 13.2 Å². The zero-order valence-electron chi connectivity index (χ0n) is 12.9. The van der Waals surface area contributed by atoms with Crippen molar-refractivity contribution in [2.24, 2.45) is 0 Å². The smallest absolute Gasteiger partial charge is 0.274 e. The zero-order chi connectivity index (χ0) is 16.2. The monoisotopic (exact) mass is 333 g/mol. The van der Waals surface area contributed by atoms with Gasteiger partial charge in [-0.1, -0.05) is 23.7 Å². The summed E-state index contributed by atoms with van der Waals surface area (Å²) in [5, 5.41) is 13.9. The van der Waals surface area contributed by atoms with Crippen LogP contribution in [0.1, 0.15) is 36.2 Å². The Bertz CT molecular complexity index is 682. The minimum Gasteiger partial charge on any atom is -0.396 e. The van der Waals surface area contributed by atoms with Gasteiger partial charge in [0.15, 0.2) is 5.69 Å². The molecule has 5 nitrogen and oxygen atoms in total.